The molecule has 3 nitrogen and oxygen atoms in total. The molecule has 1 aliphatic rings. The Balaban J connectivity index is 2.09. The lowest BCUT2D eigenvalue weighted by Gasteiger charge is -2.43. The number of halogens is 1. The highest BCUT2D eigenvalue weighted by molar-refractivity contribution is 9.10. The second-order valence-electron chi connectivity index (χ2n) is 4.89. The predicted octanol–water partition coefficient (Wildman–Crippen LogP) is 2.68. The molecule has 0 aromatic heterocycles. The van der Waals surface area contributed by atoms with Crippen LogP contribution in [0, 0.1) is 0 Å². The molecule has 18 heavy (non-hydrogen) atoms. The Labute approximate surface area is 116 Å². The van der Waals surface area contributed by atoms with Gasteiger partial charge in [0.05, 0.1) is 5.54 Å². The van der Waals surface area contributed by atoms with E-state index in [1.165, 1.54) is 12.0 Å². The normalized spacial score (nSPS) is 17.0. The van der Waals surface area contributed by atoms with Crippen LogP contribution < -0.4 is 11.1 Å². The maximum Gasteiger partial charge on any atom is 0.220 e. The van der Waals surface area contributed by atoms with Crippen LogP contribution in [0.5, 0.6) is 0 Å². The van der Waals surface area contributed by atoms with Crippen LogP contribution in [0.3, 0.4) is 0 Å². The topological polar surface area (TPSA) is 55.1 Å². The summed E-state index contributed by atoms with van der Waals surface area (Å²) in [7, 11) is 0. The van der Waals surface area contributed by atoms with Gasteiger partial charge in [0.15, 0.2) is 0 Å². The van der Waals surface area contributed by atoms with Crippen LogP contribution >= 0.6 is 15.9 Å². The first-order chi connectivity index (χ1) is 8.66. The third-order valence-corrected chi connectivity index (χ3v) is 4.06. The lowest BCUT2D eigenvalue weighted by molar-refractivity contribution is -0.124. The minimum Gasteiger partial charge on any atom is -0.347 e. The van der Waals surface area contributed by atoms with Crippen molar-refractivity contribution in [1.82, 2.24) is 5.32 Å². The van der Waals surface area contributed by atoms with Crippen molar-refractivity contribution in [2.45, 2.75) is 37.6 Å². The Morgan fingerprint density at radius 2 is 2.22 bits per heavy atom. The molecule has 0 aliphatic heterocycles. The molecule has 3 N–H and O–H groups in total. The highest BCUT2D eigenvalue weighted by Gasteiger charge is 2.39. The summed E-state index contributed by atoms with van der Waals surface area (Å²) in [6, 6.07) is 8.22. The summed E-state index contributed by atoms with van der Waals surface area (Å²) >= 11 is 3.49. The molecule has 98 valence electrons. The van der Waals surface area contributed by atoms with Crippen molar-refractivity contribution < 1.29 is 4.79 Å². The molecule has 0 unspecified atom stereocenters. The fourth-order valence-corrected chi connectivity index (χ4v) is 2.79. The van der Waals surface area contributed by atoms with E-state index in [1.54, 1.807) is 0 Å². The molecule has 1 aliphatic carbocycles. The molecule has 1 amide bonds. The van der Waals surface area contributed by atoms with E-state index in [1.807, 2.05) is 12.1 Å². The second kappa shape index (κ2) is 5.85. The molecule has 1 aromatic carbocycles. The Morgan fingerprint density at radius 3 is 2.78 bits per heavy atom. The molecule has 0 heterocycles. The summed E-state index contributed by atoms with van der Waals surface area (Å²) in [6.07, 6.45) is 4.49. The fourth-order valence-electron chi connectivity index (χ4n) is 2.39. The third kappa shape index (κ3) is 2.93. The standard InChI is InChI=1S/C14H19BrN2O/c15-12-5-1-4-11(10-12)14(7-3-8-14)17-13(18)6-2-9-16/h1,4-5,10H,2-3,6-9,16H2,(H,17,18). The zero-order valence-electron chi connectivity index (χ0n) is 10.4. The van der Waals surface area contributed by atoms with E-state index in [4.69, 9.17) is 5.73 Å². The van der Waals surface area contributed by atoms with Crippen molar-refractivity contribution >= 4 is 21.8 Å². The van der Waals surface area contributed by atoms with Crippen molar-refractivity contribution in [1.29, 1.82) is 0 Å². The Kier molecular flexibility index (Phi) is 4.40. The second-order valence-corrected chi connectivity index (χ2v) is 5.80. The minimum absolute atomic E-state index is 0.111. The van der Waals surface area contributed by atoms with E-state index in [0.717, 1.165) is 23.7 Å². The van der Waals surface area contributed by atoms with Crippen LogP contribution in [0.15, 0.2) is 28.7 Å². The van der Waals surface area contributed by atoms with Gasteiger partial charge in [0.1, 0.15) is 0 Å². The SMILES string of the molecule is NCCCC(=O)NC1(c2cccc(Br)c2)CCC1. The maximum absolute atomic E-state index is 11.9. The summed E-state index contributed by atoms with van der Waals surface area (Å²) in [4.78, 5) is 11.9. The van der Waals surface area contributed by atoms with Crippen molar-refractivity contribution in [3.8, 4) is 0 Å². The molecular formula is C14H19BrN2O. The highest BCUT2D eigenvalue weighted by atomic mass is 79.9. The molecule has 0 saturated heterocycles. The fraction of sp³-hybridized carbons (Fsp3) is 0.500. The van der Waals surface area contributed by atoms with Gasteiger partial charge >= 0.3 is 0 Å². The average molecular weight is 311 g/mol. The van der Waals surface area contributed by atoms with Gasteiger partial charge in [-0.25, -0.2) is 0 Å². The molecular weight excluding hydrogens is 292 g/mol. The van der Waals surface area contributed by atoms with Crippen LogP contribution in [0.2, 0.25) is 0 Å². The van der Waals surface area contributed by atoms with E-state index in [2.05, 4.69) is 33.4 Å². The van der Waals surface area contributed by atoms with Crippen molar-refractivity contribution in [3.63, 3.8) is 0 Å². The summed E-state index contributed by atoms with van der Waals surface area (Å²) in [5, 5.41) is 3.19. The molecule has 1 saturated carbocycles. The molecule has 0 spiro atoms. The summed E-state index contributed by atoms with van der Waals surface area (Å²) in [6.45, 7) is 0.567. The minimum atomic E-state index is -0.143. The Morgan fingerprint density at radius 1 is 1.44 bits per heavy atom. The van der Waals surface area contributed by atoms with Crippen LogP contribution in [0.25, 0.3) is 0 Å². The maximum atomic E-state index is 11.9. The average Bonchev–Trinajstić information content (AvgIpc) is 2.31. The van der Waals surface area contributed by atoms with E-state index in [9.17, 15) is 4.79 Å². The van der Waals surface area contributed by atoms with Crippen LogP contribution in [0.4, 0.5) is 0 Å². The van der Waals surface area contributed by atoms with E-state index in [0.29, 0.717) is 13.0 Å². The van der Waals surface area contributed by atoms with Crippen LogP contribution in [-0.2, 0) is 10.3 Å². The highest BCUT2D eigenvalue weighted by Crippen LogP contribution is 2.41. The molecule has 0 atom stereocenters. The van der Waals surface area contributed by atoms with Crippen molar-refractivity contribution in [2.75, 3.05) is 6.54 Å². The Bertz CT molecular complexity index is 430. The van der Waals surface area contributed by atoms with Gasteiger partial charge in [0, 0.05) is 10.9 Å². The van der Waals surface area contributed by atoms with Crippen molar-refractivity contribution in [3.05, 3.63) is 34.3 Å². The number of carbonyl (C=O) groups is 1. The summed E-state index contributed by atoms with van der Waals surface area (Å²) < 4.78 is 1.06. The smallest absolute Gasteiger partial charge is 0.220 e. The van der Waals surface area contributed by atoms with Gasteiger partial charge < -0.3 is 11.1 Å². The number of benzene rings is 1. The van der Waals surface area contributed by atoms with Crippen molar-refractivity contribution in [2.24, 2.45) is 5.73 Å². The first-order valence-corrected chi connectivity index (χ1v) is 7.23. The summed E-state index contributed by atoms with van der Waals surface area (Å²) in [5.74, 6) is 0.111. The quantitative estimate of drug-likeness (QED) is 0.878. The lowest BCUT2D eigenvalue weighted by atomic mass is 9.71. The molecule has 2 rings (SSSR count). The zero-order chi connectivity index (χ0) is 13.0. The number of hydrogen-bond acceptors (Lipinski definition) is 2. The predicted molar refractivity (Wildman–Crippen MR) is 76.1 cm³/mol. The number of rotatable bonds is 5. The number of amides is 1. The van der Waals surface area contributed by atoms with Crippen LogP contribution in [-0.4, -0.2) is 12.5 Å². The van der Waals surface area contributed by atoms with Gasteiger partial charge in [-0.2, -0.15) is 0 Å². The summed E-state index contributed by atoms with van der Waals surface area (Å²) in [5.41, 5.74) is 6.49. The zero-order valence-corrected chi connectivity index (χ0v) is 12.0. The lowest BCUT2D eigenvalue weighted by Crippen LogP contribution is -2.50. The van der Waals surface area contributed by atoms with E-state index in [-0.39, 0.29) is 11.4 Å². The molecule has 4 heteroatoms. The largest absolute Gasteiger partial charge is 0.347 e. The number of hydrogen-bond donors (Lipinski definition) is 2. The van der Waals surface area contributed by atoms with Gasteiger partial charge in [-0.15, -0.1) is 0 Å². The molecule has 0 bridgehead atoms. The van der Waals surface area contributed by atoms with E-state index >= 15 is 0 Å². The number of nitrogens with two attached hydrogens (primary N) is 1. The number of nitrogens with one attached hydrogen (secondary N) is 1. The van der Waals surface area contributed by atoms with Gasteiger partial charge in [-0.1, -0.05) is 28.1 Å². The Hall–Kier alpha value is -0.870. The number of carbonyl (C=O) groups excluding carboxylic acids is 1. The first-order valence-electron chi connectivity index (χ1n) is 6.43. The third-order valence-electron chi connectivity index (χ3n) is 3.57. The first kappa shape index (κ1) is 13.6. The van der Waals surface area contributed by atoms with Gasteiger partial charge in [0.2, 0.25) is 5.91 Å². The van der Waals surface area contributed by atoms with Gasteiger partial charge in [0.25, 0.3) is 0 Å². The van der Waals surface area contributed by atoms with Gasteiger partial charge in [-0.3, -0.25) is 4.79 Å². The van der Waals surface area contributed by atoms with Gasteiger partial charge in [-0.05, 0) is 49.9 Å². The monoisotopic (exact) mass is 310 g/mol. The van der Waals surface area contributed by atoms with E-state index < -0.39 is 0 Å². The molecule has 0 radical (unpaired) electrons. The molecule has 1 fully saturated rings. The molecule has 1 aromatic rings. The van der Waals surface area contributed by atoms with Crippen LogP contribution in [0.1, 0.15) is 37.7 Å².